The van der Waals surface area contributed by atoms with E-state index >= 15 is 0 Å². The van der Waals surface area contributed by atoms with Gasteiger partial charge in [-0.15, -0.1) is 0 Å². The van der Waals surface area contributed by atoms with Crippen LogP contribution in [0.3, 0.4) is 0 Å². The predicted molar refractivity (Wildman–Crippen MR) is 93.4 cm³/mol. The molecule has 0 unspecified atom stereocenters. The van der Waals surface area contributed by atoms with E-state index in [2.05, 4.69) is 21.4 Å². The quantitative estimate of drug-likeness (QED) is 0.915. The third-order valence-electron chi connectivity index (χ3n) is 3.83. The lowest BCUT2D eigenvalue weighted by Gasteiger charge is -2.29. The number of anilines is 2. The molecule has 2 aromatic rings. The highest BCUT2D eigenvalue weighted by Crippen LogP contribution is 2.27. The van der Waals surface area contributed by atoms with Gasteiger partial charge in [0.1, 0.15) is 0 Å². The number of rotatable bonds is 5. The molecule has 1 N–H and O–H groups in total. The molecule has 0 spiro atoms. The van der Waals surface area contributed by atoms with Gasteiger partial charge in [0.15, 0.2) is 5.82 Å². The minimum absolute atomic E-state index is 0.00748. The van der Waals surface area contributed by atoms with Crippen LogP contribution in [0, 0.1) is 0 Å². The average Bonchev–Trinajstić information content (AvgIpc) is 2.60. The van der Waals surface area contributed by atoms with Crippen molar-refractivity contribution in [2.45, 2.75) is 32.8 Å². The fourth-order valence-electron chi connectivity index (χ4n) is 2.80. The van der Waals surface area contributed by atoms with Gasteiger partial charge in [0, 0.05) is 24.6 Å². The van der Waals surface area contributed by atoms with Crippen LogP contribution in [0.4, 0.5) is 11.5 Å². The van der Waals surface area contributed by atoms with Gasteiger partial charge < -0.3 is 15.0 Å². The van der Waals surface area contributed by atoms with Crippen LogP contribution in [0.15, 0.2) is 36.7 Å². The second kappa shape index (κ2) is 7.29. The normalized spacial score (nSPS) is 13.5. The van der Waals surface area contributed by atoms with E-state index in [1.165, 1.54) is 5.56 Å². The predicted octanol–water partition coefficient (Wildman–Crippen LogP) is 2.66. The Morgan fingerprint density at radius 1 is 1.29 bits per heavy atom. The van der Waals surface area contributed by atoms with E-state index in [-0.39, 0.29) is 18.6 Å². The van der Waals surface area contributed by atoms with Crippen molar-refractivity contribution in [2.24, 2.45) is 0 Å². The first kappa shape index (κ1) is 16.2. The van der Waals surface area contributed by atoms with Crippen molar-refractivity contribution < 1.29 is 9.53 Å². The summed E-state index contributed by atoms with van der Waals surface area (Å²) in [5.41, 5.74) is 2.23. The number of ether oxygens (including phenoxy) is 1. The van der Waals surface area contributed by atoms with Gasteiger partial charge in [-0.2, -0.15) is 0 Å². The summed E-state index contributed by atoms with van der Waals surface area (Å²) in [6, 6.07) is 8.07. The lowest BCUT2D eigenvalue weighted by Crippen LogP contribution is -2.39. The molecule has 6 heteroatoms. The Balaban J connectivity index is 1.69. The number of fused-ring (bicyclic) bond motifs is 1. The molecule has 0 fully saturated rings. The third-order valence-corrected chi connectivity index (χ3v) is 3.83. The summed E-state index contributed by atoms with van der Waals surface area (Å²) < 4.78 is 5.62. The fraction of sp³-hybridized carbons (Fsp3) is 0.389. The highest BCUT2D eigenvalue weighted by atomic mass is 16.5. The maximum absolute atomic E-state index is 12.6. The Labute approximate surface area is 141 Å². The molecule has 0 bridgehead atoms. The number of hydrogen-bond donors (Lipinski definition) is 1. The monoisotopic (exact) mass is 326 g/mol. The number of carbonyl (C=O) groups is 1. The highest BCUT2D eigenvalue weighted by molar-refractivity contribution is 5.97. The standard InChI is InChI=1S/C18H22N4O2/c1-13(2)24-18-17(19-9-10-20-18)21-12-16(23)22-11-5-7-14-6-3-4-8-15(14)22/h3-4,6,8-10,13H,5,7,11-12H2,1-2H3,(H,19,21). The number of nitrogens with one attached hydrogen (secondary N) is 1. The summed E-state index contributed by atoms with van der Waals surface area (Å²) in [6.45, 7) is 4.75. The summed E-state index contributed by atoms with van der Waals surface area (Å²) >= 11 is 0. The number of carbonyl (C=O) groups excluding carboxylic acids is 1. The molecular weight excluding hydrogens is 304 g/mol. The molecule has 1 aliphatic heterocycles. The van der Waals surface area contributed by atoms with E-state index < -0.39 is 0 Å². The van der Waals surface area contributed by atoms with Crippen LogP contribution in [0.2, 0.25) is 0 Å². The van der Waals surface area contributed by atoms with Crippen molar-refractivity contribution in [3.8, 4) is 5.88 Å². The summed E-state index contributed by atoms with van der Waals surface area (Å²) in [5.74, 6) is 0.924. The minimum Gasteiger partial charge on any atom is -0.472 e. The molecule has 0 saturated heterocycles. The summed E-state index contributed by atoms with van der Waals surface area (Å²) in [6.07, 6.45) is 5.15. The van der Waals surface area contributed by atoms with E-state index in [9.17, 15) is 4.79 Å². The van der Waals surface area contributed by atoms with Crippen LogP contribution >= 0.6 is 0 Å². The zero-order chi connectivity index (χ0) is 16.9. The molecule has 0 radical (unpaired) electrons. The minimum atomic E-state index is -0.00748. The van der Waals surface area contributed by atoms with Gasteiger partial charge in [0.2, 0.25) is 5.91 Å². The van der Waals surface area contributed by atoms with E-state index in [0.29, 0.717) is 11.7 Å². The Hall–Kier alpha value is -2.63. The maximum atomic E-state index is 12.6. The van der Waals surface area contributed by atoms with Gasteiger partial charge in [-0.05, 0) is 38.3 Å². The number of aryl methyl sites for hydroxylation is 1. The number of para-hydroxylation sites is 1. The van der Waals surface area contributed by atoms with Crippen LogP contribution in [0.1, 0.15) is 25.8 Å². The summed E-state index contributed by atoms with van der Waals surface area (Å²) in [4.78, 5) is 22.9. The number of amides is 1. The number of benzene rings is 1. The Morgan fingerprint density at radius 3 is 2.92 bits per heavy atom. The van der Waals surface area contributed by atoms with Crippen molar-refractivity contribution in [1.29, 1.82) is 0 Å². The Kier molecular flexibility index (Phi) is 4.93. The molecule has 1 amide bonds. The smallest absolute Gasteiger partial charge is 0.257 e. The van der Waals surface area contributed by atoms with Crippen LogP contribution in [-0.2, 0) is 11.2 Å². The number of hydrogen-bond acceptors (Lipinski definition) is 5. The molecule has 0 aliphatic carbocycles. The van der Waals surface area contributed by atoms with Crippen LogP contribution in [-0.4, -0.2) is 35.1 Å². The first-order valence-electron chi connectivity index (χ1n) is 8.25. The molecule has 2 heterocycles. The van der Waals surface area contributed by atoms with Crippen LogP contribution in [0.25, 0.3) is 0 Å². The topological polar surface area (TPSA) is 67.4 Å². The SMILES string of the molecule is CC(C)Oc1nccnc1NCC(=O)N1CCCc2ccccc21. The first-order chi connectivity index (χ1) is 11.6. The van der Waals surface area contributed by atoms with Crippen LogP contribution in [0.5, 0.6) is 5.88 Å². The zero-order valence-electron chi connectivity index (χ0n) is 14.0. The van der Waals surface area contributed by atoms with Gasteiger partial charge in [-0.1, -0.05) is 18.2 Å². The second-order valence-electron chi connectivity index (χ2n) is 6.01. The van der Waals surface area contributed by atoms with Gasteiger partial charge in [-0.3, -0.25) is 4.79 Å². The number of nitrogens with zero attached hydrogens (tertiary/aromatic N) is 3. The lowest BCUT2D eigenvalue weighted by atomic mass is 10.0. The zero-order valence-corrected chi connectivity index (χ0v) is 14.0. The molecule has 1 aliphatic rings. The molecule has 0 atom stereocenters. The largest absolute Gasteiger partial charge is 0.472 e. The summed E-state index contributed by atoms with van der Waals surface area (Å²) in [5, 5.41) is 3.06. The average molecular weight is 326 g/mol. The summed E-state index contributed by atoms with van der Waals surface area (Å²) in [7, 11) is 0. The second-order valence-corrected chi connectivity index (χ2v) is 6.01. The maximum Gasteiger partial charge on any atom is 0.257 e. The van der Waals surface area contributed by atoms with Crippen LogP contribution < -0.4 is 15.0 Å². The molecule has 3 rings (SSSR count). The first-order valence-corrected chi connectivity index (χ1v) is 8.25. The van der Waals surface area contributed by atoms with E-state index in [1.54, 1.807) is 12.4 Å². The van der Waals surface area contributed by atoms with Gasteiger partial charge >= 0.3 is 0 Å². The van der Waals surface area contributed by atoms with Crippen molar-refractivity contribution in [3.05, 3.63) is 42.2 Å². The molecule has 0 saturated carbocycles. The van der Waals surface area contributed by atoms with Gasteiger partial charge in [0.05, 0.1) is 12.6 Å². The van der Waals surface area contributed by atoms with Gasteiger partial charge in [-0.25, -0.2) is 9.97 Å². The van der Waals surface area contributed by atoms with Gasteiger partial charge in [0.25, 0.3) is 5.88 Å². The third kappa shape index (κ3) is 3.64. The highest BCUT2D eigenvalue weighted by Gasteiger charge is 2.22. The fourth-order valence-corrected chi connectivity index (χ4v) is 2.80. The van der Waals surface area contributed by atoms with E-state index in [0.717, 1.165) is 25.1 Å². The lowest BCUT2D eigenvalue weighted by molar-refractivity contribution is -0.117. The Morgan fingerprint density at radius 2 is 2.08 bits per heavy atom. The van der Waals surface area contributed by atoms with Crippen molar-refractivity contribution >= 4 is 17.4 Å². The molecule has 1 aromatic heterocycles. The van der Waals surface area contributed by atoms with Crippen molar-refractivity contribution in [1.82, 2.24) is 9.97 Å². The molecule has 126 valence electrons. The molecular formula is C18H22N4O2. The van der Waals surface area contributed by atoms with E-state index in [4.69, 9.17) is 4.74 Å². The molecule has 24 heavy (non-hydrogen) atoms. The Bertz CT molecular complexity index is 718. The molecule has 6 nitrogen and oxygen atoms in total. The van der Waals surface area contributed by atoms with Crippen molar-refractivity contribution in [3.63, 3.8) is 0 Å². The molecule has 1 aromatic carbocycles. The van der Waals surface area contributed by atoms with Crippen molar-refractivity contribution in [2.75, 3.05) is 23.3 Å². The number of aromatic nitrogens is 2. The van der Waals surface area contributed by atoms with E-state index in [1.807, 2.05) is 36.9 Å².